The van der Waals surface area contributed by atoms with Gasteiger partial charge in [0.2, 0.25) is 0 Å². The van der Waals surface area contributed by atoms with Gasteiger partial charge in [-0.15, -0.1) is 23.5 Å². The molecule has 0 aromatic heterocycles. The standard InChI is InChI=1S/C22H28O3S2Si/c1-17(23)25-20-16-26-21(27-20)15-24-28(22(2,3)4,18-11-7-5-8-12-18)19-13-9-6-10-14-19/h5-14,20-21H,15-16H2,1-4H3. The van der Waals surface area contributed by atoms with E-state index in [1.807, 2.05) is 11.8 Å². The molecule has 2 atom stereocenters. The van der Waals surface area contributed by atoms with Crippen LogP contribution in [-0.2, 0) is 14.0 Å². The first-order chi connectivity index (χ1) is 13.3. The molecule has 0 spiro atoms. The molecule has 1 heterocycles. The van der Waals surface area contributed by atoms with Crippen LogP contribution in [0.1, 0.15) is 27.7 Å². The van der Waals surface area contributed by atoms with Gasteiger partial charge in [-0.2, -0.15) is 0 Å². The van der Waals surface area contributed by atoms with Gasteiger partial charge in [0, 0.05) is 12.7 Å². The lowest BCUT2D eigenvalue weighted by atomic mass is 10.2. The van der Waals surface area contributed by atoms with E-state index in [4.69, 9.17) is 9.16 Å². The fraction of sp³-hybridized carbons (Fsp3) is 0.409. The zero-order chi connectivity index (χ0) is 20.2. The van der Waals surface area contributed by atoms with Crippen LogP contribution < -0.4 is 10.4 Å². The highest BCUT2D eigenvalue weighted by atomic mass is 32.2. The monoisotopic (exact) mass is 432 g/mol. The molecule has 0 saturated carbocycles. The Hall–Kier alpha value is -1.21. The summed E-state index contributed by atoms with van der Waals surface area (Å²) < 4.78 is 12.6. The maximum atomic E-state index is 11.3. The topological polar surface area (TPSA) is 35.5 Å². The lowest BCUT2D eigenvalue weighted by Gasteiger charge is -2.43. The second kappa shape index (κ2) is 9.07. The molecule has 6 heteroatoms. The summed E-state index contributed by atoms with van der Waals surface area (Å²) in [4.78, 5) is 11.3. The van der Waals surface area contributed by atoms with Crippen molar-refractivity contribution >= 4 is 48.2 Å². The van der Waals surface area contributed by atoms with E-state index in [0.29, 0.717) is 6.61 Å². The molecule has 1 aliphatic heterocycles. The molecule has 0 bridgehead atoms. The van der Waals surface area contributed by atoms with Crippen molar-refractivity contribution in [1.82, 2.24) is 0 Å². The third-order valence-corrected chi connectivity index (χ3v) is 12.8. The highest BCUT2D eigenvalue weighted by Gasteiger charge is 2.50. The van der Waals surface area contributed by atoms with Gasteiger partial charge < -0.3 is 9.16 Å². The quantitative estimate of drug-likeness (QED) is 0.503. The van der Waals surface area contributed by atoms with E-state index in [-0.39, 0.29) is 21.0 Å². The van der Waals surface area contributed by atoms with Gasteiger partial charge in [0.15, 0.2) is 5.44 Å². The predicted molar refractivity (Wildman–Crippen MR) is 123 cm³/mol. The number of benzene rings is 2. The summed E-state index contributed by atoms with van der Waals surface area (Å²) in [7, 11) is -2.51. The zero-order valence-corrected chi connectivity index (χ0v) is 19.5. The van der Waals surface area contributed by atoms with Crippen LogP contribution in [0.15, 0.2) is 60.7 Å². The Bertz CT molecular complexity index is 738. The smallest absolute Gasteiger partial charge is 0.303 e. The molecule has 0 amide bonds. The van der Waals surface area contributed by atoms with Crippen molar-refractivity contribution in [3.05, 3.63) is 60.7 Å². The summed E-state index contributed by atoms with van der Waals surface area (Å²) in [5, 5.41) is 2.55. The molecule has 3 rings (SSSR count). The third-order valence-electron chi connectivity index (χ3n) is 4.87. The normalized spacial score (nSPS) is 20.1. The number of ether oxygens (including phenoxy) is 1. The van der Waals surface area contributed by atoms with Gasteiger partial charge in [-0.25, -0.2) is 0 Å². The maximum Gasteiger partial charge on any atom is 0.303 e. The Labute approximate surface area is 177 Å². The lowest BCUT2D eigenvalue weighted by molar-refractivity contribution is -0.141. The average Bonchev–Trinajstić information content (AvgIpc) is 3.09. The largest absolute Gasteiger partial charge is 0.451 e. The molecule has 2 aromatic rings. The minimum atomic E-state index is -2.51. The Balaban J connectivity index is 1.90. The number of carbonyl (C=O) groups excluding carboxylic acids is 1. The Morgan fingerprint density at radius 2 is 1.57 bits per heavy atom. The lowest BCUT2D eigenvalue weighted by Crippen LogP contribution is -2.66. The van der Waals surface area contributed by atoms with Crippen molar-refractivity contribution in [2.24, 2.45) is 0 Å². The molecule has 1 saturated heterocycles. The zero-order valence-electron chi connectivity index (χ0n) is 16.9. The minimum Gasteiger partial charge on any atom is -0.451 e. The third kappa shape index (κ3) is 4.67. The van der Waals surface area contributed by atoms with Crippen LogP contribution in [-0.4, -0.2) is 36.7 Å². The van der Waals surface area contributed by atoms with Crippen LogP contribution in [0, 0.1) is 0 Å². The van der Waals surface area contributed by atoms with Gasteiger partial charge in [-0.3, -0.25) is 4.79 Å². The summed E-state index contributed by atoms with van der Waals surface area (Å²) in [5.74, 6) is 0.602. The van der Waals surface area contributed by atoms with Crippen molar-refractivity contribution in [3.63, 3.8) is 0 Å². The molecule has 0 N–H and O–H groups in total. The SMILES string of the molecule is CC(=O)OC1CSC(CO[Si](c2ccccc2)(c2ccccc2)C(C)(C)C)S1. The minimum absolute atomic E-state index is 0.0288. The van der Waals surface area contributed by atoms with Crippen LogP contribution in [0.4, 0.5) is 0 Å². The summed E-state index contributed by atoms with van der Waals surface area (Å²) in [6.45, 7) is 8.97. The Morgan fingerprint density at radius 3 is 2.04 bits per heavy atom. The van der Waals surface area contributed by atoms with Crippen molar-refractivity contribution in [2.75, 3.05) is 12.4 Å². The predicted octanol–water partition coefficient (Wildman–Crippen LogP) is 4.26. The molecule has 150 valence electrons. The van der Waals surface area contributed by atoms with Crippen molar-refractivity contribution < 1.29 is 14.0 Å². The van der Waals surface area contributed by atoms with Crippen LogP contribution in [0.2, 0.25) is 5.04 Å². The molecule has 1 fully saturated rings. The van der Waals surface area contributed by atoms with Crippen molar-refractivity contribution in [1.29, 1.82) is 0 Å². The van der Waals surface area contributed by atoms with E-state index in [0.717, 1.165) is 5.75 Å². The Morgan fingerprint density at radius 1 is 1.04 bits per heavy atom. The number of carbonyl (C=O) groups is 1. The summed E-state index contributed by atoms with van der Waals surface area (Å²) in [6, 6.07) is 21.4. The van der Waals surface area contributed by atoms with Gasteiger partial charge in [0.25, 0.3) is 8.32 Å². The van der Waals surface area contributed by atoms with Crippen LogP contribution in [0.25, 0.3) is 0 Å². The molecular weight excluding hydrogens is 404 g/mol. The number of esters is 1. The van der Waals surface area contributed by atoms with Gasteiger partial charge in [0.05, 0.1) is 11.2 Å². The second-order valence-electron chi connectivity index (χ2n) is 7.91. The fourth-order valence-electron chi connectivity index (χ4n) is 3.72. The summed E-state index contributed by atoms with van der Waals surface area (Å²) in [6.07, 6.45) is 0. The van der Waals surface area contributed by atoms with E-state index in [1.54, 1.807) is 11.8 Å². The van der Waals surface area contributed by atoms with Crippen LogP contribution in [0.3, 0.4) is 0 Å². The molecule has 2 aromatic carbocycles. The first-order valence-corrected chi connectivity index (χ1v) is 13.4. The number of hydrogen-bond acceptors (Lipinski definition) is 5. The van der Waals surface area contributed by atoms with Crippen LogP contribution in [0.5, 0.6) is 0 Å². The number of rotatable bonds is 6. The number of thioether (sulfide) groups is 2. The van der Waals surface area contributed by atoms with Gasteiger partial charge in [-0.05, 0) is 15.4 Å². The highest BCUT2D eigenvalue weighted by Crippen LogP contribution is 2.41. The second-order valence-corrected chi connectivity index (χ2v) is 15.1. The fourth-order valence-corrected chi connectivity index (χ4v) is 11.3. The number of hydrogen-bond donors (Lipinski definition) is 0. The molecule has 1 aliphatic rings. The Kier molecular flexibility index (Phi) is 6.97. The summed E-state index contributed by atoms with van der Waals surface area (Å²) >= 11 is 3.51. The van der Waals surface area contributed by atoms with E-state index in [9.17, 15) is 4.79 Å². The van der Waals surface area contributed by atoms with Gasteiger partial charge >= 0.3 is 5.97 Å². The average molecular weight is 433 g/mol. The van der Waals surface area contributed by atoms with E-state index in [1.165, 1.54) is 17.3 Å². The molecule has 28 heavy (non-hydrogen) atoms. The molecular formula is C22H28O3S2Si. The molecule has 0 radical (unpaired) electrons. The van der Waals surface area contributed by atoms with E-state index in [2.05, 4.69) is 81.4 Å². The van der Waals surface area contributed by atoms with Crippen molar-refractivity contribution in [2.45, 2.75) is 42.8 Å². The van der Waals surface area contributed by atoms with Gasteiger partial charge in [-0.1, -0.05) is 81.4 Å². The first-order valence-electron chi connectivity index (χ1n) is 9.52. The molecule has 3 nitrogen and oxygen atoms in total. The highest BCUT2D eigenvalue weighted by molar-refractivity contribution is 8.20. The molecule has 0 aliphatic carbocycles. The summed E-state index contributed by atoms with van der Waals surface area (Å²) in [5.41, 5.74) is -0.0738. The van der Waals surface area contributed by atoms with Crippen molar-refractivity contribution in [3.8, 4) is 0 Å². The van der Waals surface area contributed by atoms with E-state index < -0.39 is 8.32 Å². The van der Waals surface area contributed by atoms with E-state index >= 15 is 0 Å². The first kappa shape index (κ1) is 21.5. The van der Waals surface area contributed by atoms with Gasteiger partial charge in [0.1, 0.15) is 0 Å². The van der Waals surface area contributed by atoms with Crippen LogP contribution >= 0.6 is 23.5 Å². The molecule has 2 unspecified atom stereocenters. The maximum absolute atomic E-state index is 11.3.